The van der Waals surface area contributed by atoms with Crippen LogP contribution in [0.4, 0.5) is 0 Å². The maximum Gasteiger partial charge on any atom is 0.237 e. The third-order valence-corrected chi connectivity index (χ3v) is 4.14. The molecule has 0 aromatic heterocycles. The van der Waals surface area contributed by atoms with Crippen LogP contribution >= 0.6 is 0 Å². The Morgan fingerprint density at radius 2 is 1.86 bits per heavy atom. The highest BCUT2D eigenvalue weighted by molar-refractivity contribution is 5.89. The van der Waals surface area contributed by atoms with Gasteiger partial charge in [-0.05, 0) is 39.3 Å². The standard InChI is InChI=1S/C16H31N3O3/c1-12(2)15(17-4)16(21)18-14(13(3)20)6-5-7-19-8-10-22-11-9-19/h12,14-15,17H,5-11H2,1-4H3,(H,18,21)/t14-,15-/m0/s1. The molecule has 1 fully saturated rings. The average Bonchev–Trinajstić information content (AvgIpc) is 2.47. The molecule has 1 saturated heterocycles. The summed E-state index contributed by atoms with van der Waals surface area (Å²) in [5.74, 6) is 0.115. The predicted octanol–water partition coefficient (Wildman–Crippen LogP) is 0.417. The molecule has 128 valence electrons. The zero-order valence-corrected chi connectivity index (χ0v) is 14.4. The molecular formula is C16H31N3O3. The second-order valence-corrected chi connectivity index (χ2v) is 6.28. The van der Waals surface area contributed by atoms with Gasteiger partial charge in [-0.25, -0.2) is 0 Å². The minimum atomic E-state index is -0.386. The first-order valence-electron chi connectivity index (χ1n) is 8.24. The van der Waals surface area contributed by atoms with Crippen molar-refractivity contribution in [3.8, 4) is 0 Å². The van der Waals surface area contributed by atoms with Crippen molar-refractivity contribution in [2.45, 2.75) is 45.7 Å². The Balaban J connectivity index is 2.40. The monoisotopic (exact) mass is 313 g/mol. The lowest BCUT2D eigenvalue weighted by molar-refractivity contribution is -0.129. The minimum absolute atomic E-state index is 0.0222. The van der Waals surface area contributed by atoms with Crippen LogP contribution in [0.25, 0.3) is 0 Å². The molecular weight excluding hydrogens is 282 g/mol. The number of ether oxygens (including phenoxy) is 1. The number of morpholine rings is 1. The first kappa shape index (κ1) is 19.1. The fourth-order valence-corrected chi connectivity index (χ4v) is 2.75. The number of hydrogen-bond acceptors (Lipinski definition) is 5. The van der Waals surface area contributed by atoms with E-state index in [1.165, 1.54) is 0 Å². The van der Waals surface area contributed by atoms with Crippen LogP contribution in [0.15, 0.2) is 0 Å². The van der Waals surface area contributed by atoms with Crippen LogP contribution in [0.2, 0.25) is 0 Å². The van der Waals surface area contributed by atoms with Crippen LogP contribution in [-0.2, 0) is 14.3 Å². The number of nitrogens with zero attached hydrogens (tertiary/aromatic N) is 1. The summed E-state index contributed by atoms with van der Waals surface area (Å²) >= 11 is 0. The van der Waals surface area contributed by atoms with Crippen molar-refractivity contribution in [1.82, 2.24) is 15.5 Å². The largest absolute Gasteiger partial charge is 0.379 e. The summed E-state index contributed by atoms with van der Waals surface area (Å²) in [5, 5.41) is 5.90. The second-order valence-electron chi connectivity index (χ2n) is 6.28. The Hall–Kier alpha value is -0.980. The van der Waals surface area contributed by atoms with E-state index in [9.17, 15) is 9.59 Å². The van der Waals surface area contributed by atoms with E-state index in [1.807, 2.05) is 13.8 Å². The van der Waals surface area contributed by atoms with Gasteiger partial charge in [0.25, 0.3) is 0 Å². The molecule has 6 heteroatoms. The number of rotatable bonds is 9. The molecule has 0 aromatic rings. The summed E-state index contributed by atoms with van der Waals surface area (Å²) in [6, 6.07) is -0.649. The van der Waals surface area contributed by atoms with Crippen molar-refractivity contribution in [3.05, 3.63) is 0 Å². The van der Waals surface area contributed by atoms with Crippen molar-refractivity contribution < 1.29 is 14.3 Å². The van der Waals surface area contributed by atoms with E-state index in [1.54, 1.807) is 14.0 Å². The van der Waals surface area contributed by atoms with E-state index in [0.29, 0.717) is 6.42 Å². The molecule has 1 amide bonds. The average molecular weight is 313 g/mol. The van der Waals surface area contributed by atoms with Crippen LogP contribution < -0.4 is 10.6 Å². The molecule has 0 unspecified atom stereocenters. The van der Waals surface area contributed by atoms with Gasteiger partial charge in [0.15, 0.2) is 5.78 Å². The fraction of sp³-hybridized carbons (Fsp3) is 0.875. The van der Waals surface area contributed by atoms with Crippen molar-refractivity contribution in [2.24, 2.45) is 5.92 Å². The van der Waals surface area contributed by atoms with E-state index in [0.717, 1.165) is 39.3 Å². The Kier molecular flexibility index (Phi) is 8.60. The first-order chi connectivity index (χ1) is 10.5. The Morgan fingerprint density at radius 3 is 2.36 bits per heavy atom. The molecule has 1 heterocycles. The highest BCUT2D eigenvalue weighted by atomic mass is 16.5. The van der Waals surface area contributed by atoms with E-state index < -0.39 is 0 Å². The molecule has 22 heavy (non-hydrogen) atoms. The molecule has 1 rings (SSSR count). The maximum atomic E-state index is 12.2. The van der Waals surface area contributed by atoms with Crippen LogP contribution in [0.5, 0.6) is 0 Å². The number of likely N-dealkylation sites (N-methyl/N-ethyl adjacent to an activating group) is 1. The summed E-state index contributed by atoms with van der Waals surface area (Å²) in [6.45, 7) is 9.94. The summed E-state index contributed by atoms with van der Waals surface area (Å²) in [5.41, 5.74) is 0. The molecule has 1 aliphatic rings. The maximum absolute atomic E-state index is 12.2. The van der Waals surface area contributed by atoms with Crippen molar-refractivity contribution in [1.29, 1.82) is 0 Å². The zero-order valence-electron chi connectivity index (χ0n) is 14.4. The number of hydrogen-bond donors (Lipinski definition) is 2. The number of carbonyl (C=O) groups is 2. The van der Waals surface area contributed by atoms with E-state index in [4.69, 9.17) is 4.74 Å². The molecule has 1 aliphatic heterocycles. The molecule has 0 spiro atoms. The SMILES string of the molecule is CN[C@H](C(=O)N[C@@H](CCCN1CCOCC1)C(C)=O)C(C)C. The van der Waals surface area contributed by atoms with Gasteiger partial charge in [-0.3, -0.25) is 14.5 Å². The molecule has 0 aliphatic carbocycles. The number of nitrogens with one attached hydrogen (secondary N) is 2. The number of Topliss-reactive ketones (excluding diaryl/α,β-unsaturated/α-hetero) is 1. The van der Waals surface area contributed by atoms with Gasteiger partial charge in [0, 0.05) is 13.1 Å². The smallest absolute Gasteiger partial charge is 0.237 e. The lowest BCUT2D eigenvalue weighted by atomic mass is 10.0. The number of amides is 1. The summed E-state index contributed by atoms with van der Waals surface area (Å²) in [4.78, 5) is 26.4. The van der Waals surface area contributed by atoms with E-state index in [2.05, 4.69) is 15.5 Å². The third-order valence-electron chi connectivity index (χ3n) is 4.14. The van der Waals surface area contributed by atoms with Crippen molar-refractivity contribution in [3.63, 3.8) is 0 Å². The molecule has 0 saturated carbocycles. The highest BCUT2D eigenvalue weighted by Crippen LogP contribution is 2.06. The first-order valence-corrected chi connectivity index (χ1v) is 8.24. The quantitative estimate of drug-likeness (QED) is 0.645. The second kappa shape index (κ2) is 9.92. The Bertz CT molecular complexity index is 355. The van der Waals surface area contributed by atoms with Gasteiger partial charge in [-0.2, -0.15) is 0 Å². The summed E-state index contributed by atoms with van der Waals surface area (Å²) in [6.07, 6.45) is 1.59. The summed E-state index contributed by atoms with van der Waals surface area (Å²) < 4.78 is 5.32. The Morgan fingerprint density at radius 1 is 1.23 bits per heavy atom. The van der Waals surface area contributed by atoms with Crippen LogP contribution in [0.1, 0.15) is 33.6 Å². The topological polar surface area (TPSA) is 70.7 Å². The number of carbonyl (C=O) groups excluding carboxylic acids is 2. The Labute approximate surface area is 134 Å². The van der Waals surface area contributed by atoms with Gasteiger partial charge in [-0.1, -0.05) is 13.8 Å². The van der Waals surface area contributed by atoms with Crippen LogP contribution in [0, 0.1) is 5.92 Å². The van der Waals surface area contributed by atoms with Gasteiger partial charge >= 0.3 is 0 Å². The van der Waals surface area contributed by atoms with Crippen molar-refractivity contribution in [2.75, 3.05) is 39.9 Å². The van der Waals surface area contributed by atoms with Gasteiger partial charge in [0.05, 0.1) is 25.3 Å². The molecule has 2 N–H and O–H groups in total. The van der Waals surface area contributed by atoms with Crippen LogP contribution in [0.3, 0.4) is 0 Å². The molecule has 6 nitrogen and oxygen atoms in total. The number of ketones is 1. The molecule has 0 bridgehead atoms. The van der Waals surface area contributed by atoms with E-state index in [-0.39, 0.29) is 29.7 Å². The van der Waals surface area contributed by atoms with Crippen LogP contribution in [-0.4, -0.2) is 68.6 Å². The minimum Gasteiger partial charge on any atom is -0.379 e. The zero-order chi connectivity index (χ0) is 16.5. The summed E-state index contributed by atoms with van der Waals surface area (Å²) in [7, 11) is 1.77. The lowest BCUT2D eigenvalue weighted by Crippen LogP contribution is -2.51. The molecule has 2 atom stereocenters. The highest BCUT2D eigenvalue weighted by Gasteiger charge is 2.24. The van der Waals surface area contributed by atoms with E-state index >= 15 is 0 Å². The van der Waals surface area contributed by atoms with Crippen molar-refractivity contribution >= 4 is 11.7 Å². The third kappa shape index (κ3) is 6.42. The van der Waals surface area contributed by atoms with Gasteiger partial charge < -0.3 is 15.4 Å². The normalized spacial score (nSPS) is 19.0. The predicted molar refractivity (Wildman–Crippen MR) is 86.8 cm³/mol. The molecule has 0 aromatic carbocycles. The van der Waals surface area contributed by atoms with Gasteiger partial charge in [-0.15, -0.1) is 0 Å². The van der Waals surface area contributed by atoms with Gasteiger partial charge in [0.1, 0.15) is 0 Å². The molecule has 0 radical (unpaired) electrons. The fourth-order valence-electron chi connectivity index (χ4n) is 2.75. The van der Waals surface area contributed by atoms with Gasteiger partial charge in [0.2, 0.25) is 5.91 Å². The lowest BCUT2D eigenvalue weighted by Gasteiger charge is -2.27.